The number of hydrogen-bond acceptors (Lipinski definition) is 3. The first-order chi connectivity index (χ1) is 13.3. The van der Waals surface area contributed by atoms with E-state index in [2.05, 4.69) is 21.3 Å². The number of amides is 4. The maximum Gasteiger partial charge on any atom is 0.315 e. The Morgan fingerprint density at radius 2 is 1.64 bits per heavy atom. The van der Waals surface area contributed by atoms with Crippen LogP contribution in [-0.4, -0.2) is 30.4 Å². The Balaban J connectivity index is 1.83. The van der Waals surface area contributed by atoms with Gasteiger partial charge >= 0.3 is 6.03 Å². The average Bonchev–Trinajstić information content (AvgIpc) is 2.65. The van der Waals surface area contributed by atoms with Gasteiger partial charge in [-0.1, -0.05) is 24.3 Å². The number of nitrogens with one attached hydrogen (secondary N) is 4. The van der Waals surface area contributed by atoms with E-state index in [4.69, 9.17) is 0 Å². The average molecular weight is 386 g/mol. The Morgan fingerprint density at radius 1 is 0.964 bits per heavy atom. The smallest absolute Gasteiger partial charge is 0.315 e. The number of rotatable bonds is 7. The van der Waals surface area contributed by atoms with E-state index in [0.717, 1.165) is 5.56 Å². The third-order valence-electron chi connectivity index (χ3n) is 3.64. The molecule has 7 nitrogen and oxygen atoms in total. The standard InChI is InChI=1S/C20H23FN4O3/c1-13(2)24-19(27)16-5-3-4-6-17(16)25-18(26)12-23-20(28)22-11-14-7-9-15(21)10-8-14/h3-10,13H,11-12H2,1-2H3,(H,24,27)(H,25,26)(H2,22,23,28). The molecule has 0 fully saturated rings. The molecule has 2 rings (SSSR count). The second-order valence-electron chi connectivity index (χ2n) is 6.38. The third kappa shape index (κ3) is 6.71. The summed E-state index contributed by atoms with van der Waals surface area (Å²) in [6.07, 6.45) is 0. The molecule has 2 aromatic carbocycles. The molecule has 0 saturated heterocycles. The molecular weight excluding hydrogens is 363 g/mol. The molecule has 0 unspecified atom stereocenters. The van der Waals surface area contributed by atoms with Gasteiger partial charge in [0.15, 0.2) is 0 Å². The molecule has 0 aliphatic heterocycles. The zero-order valence-electron chi connectivity index (χ0n) is 15.7. The predicted molar refractivity (Wildman–Crippen MR) is 104 cm³/mol. The van der Waals surface area contributed by atoms with Crippen LogP contribution in [0.2, 0.25) is 0 Å². The highest BCUT2D eigenvalue weighted by molar-refractivity contribution is 6.04. The van der Waals surface area contributed by atoms with Gasteiger partial charge in [0.05, 0.1) is 17.8 Å². The van der Waals surface area contributed by atoms with Crippen molar-refractivity contribution < 1.29 is 18.8 Å². The molecule has 0 aliphatic rings. The molecule has 2 aromatic rings. The van der Waals surface area contributed by atoms with Crippen LogP contribution in [0.25, 0.3) is 0 Å². The van der Waals surface area contributed by atoms with Crippen molar-refractivity contribution >= 4 is 23.5 Å². The number of urea groups is 1. The summed E-state index contributed by atoms with van der Waals surface area (Å²) >= 11 is 0. The number of benzene rings is 2. The summed E-state index contributed by atoms with van der Waals surface area (Å²) in [5.74, 6) is -1.12. The minimum atomic E-state index is -0.537. The Bertz CT molecular complexity index is 838. The normalized spacial score (nSPS) is 10.3. The second kappa shape index (κ2) is 10.1. The maximum absolute atomic E-state index is 12.8. The fourth-order valence-corrected chi connectivity index (χ4v) is 2.33. The van der Waals surface area contributed by atoms with Crippen LogP contribution in [0, 0.1) is 5.82 Å². The van der Waals surface area contributed by atoms with Crippen molar-refractivity contribution in [3.63, 3.8) is 0 Å². The van der Waals surface area contributed by atoms with Gasteiger partial charge in [-0.2, -0.15) is 0 Å². The molecule has 0 atom stereocenters. The minimum Gasteiger partial charge on any atom is -0.350 e. The molecule has 0 aliphatic carbocycles. The molecule has 0 radical (unpaired) electrons. The molecule has 148 valence electrons. The van der Waals surface area contributed by atoms with Crippen LogP contribution >= 0.6 is 0 Å². The number of anilines is 1. The van der Waals surface area contributed by atoms with E-state index >= 15 is 0 Å². The van der Waals surface area contributed by atoms with Crippen LogP contribution < -0.4 is 21.3 Å². The Morgan fingerprint density at radius 3 is 2.32 bits per heavy atom. The molecule has 0 bridgehead atoms. The number of carbonyl (C=O) groups is 3. The largest absolute Gasteiger partial charge is 0.350 e. The van der Waals surface area contributed by atoms with E-state index < -0.39 is 11.9 Å². The van der Waals surface area contributed by atoms with Crippen LogP contribution in [0.5, 0.6) is 0 Å². The lowest BCUT2D eigenvalue weighted by molar-refractivity contribution is -0.115. The van der Waals surface area contributed by atoms with Crippen molar-refractivity contribution in [2.45, 2.75) is 26.4 Å². The van der Waals surface area contributed by atoms with E-state index in [9.17, 15) is 18.8 Å². The van der Waals surface area contributed by atoms with Crippen LogP contribution in [0.4, 0.5) is 14.9 Å². The summed E-state index contributed by atoms with van der Waals surface area (Å²) in [4.78, 5) is 36.1. The van der Waals surface area contributed by atoms with Gasteiger partial charge in [-0.15, -0.1) is 0 Å². The van der Waals surface area contributed by atoms with Crippen LogP contribution in [-0.2, 0) is 11.3 Å². The van der Waals surface area contributed by atoms with E-state index in [1.165, 1.54) is 12.1 Å². The topological polar surface area (TPSA) is 99.3 Å². The summed E-state index contributed by atoms with van der Waals surface area (Å²) in [6.45, 7) is 3.61. The minimum absolute atomic E-state index is 0.0391. The van der Waals surface area contributed by atoms with E-state index in [1.807, 2.05) is 13.8 Å². The second-order valence-corrected chi connectivity index (χ2v) is 6.38. The van der Waals surface area contributed by atoms with Crippen molar-refractivity contribution in [2.75, 3.05) is 11.9 Å². The van der Waals surface area contributed by atoms with E-state index in [0.29, 0.717) is 11.3 Å². The van der Waals surface area contributed by atoms with Crippen molar-refractivity contribution in [3.8, 4) is 0 Å². The van der Waals surface area contributed by atoms with Gasteiger partial charge in [-0.05, 0) is 43.7 Å². The first-order valence-electron chi connectivity index (χ1n) is 8.81. The van der Waals surface area contributed by atoms with Gasteiger partial charge in [0.2, 0.25) is 5.91 Å². The number of carbonyl (C=O) groups excluding carboxylic acids is 3. The predicted octanol–water partition coefficient (Wildman–Crippen LogP) is 2.40. The molecule has 8 heteroatoms. The van der Waals surface area contributed by atoms with Gasteiger partial charge < -0.3 is 21.3 Å². The van der Waals surface area contributed by atoms with Crippen molar-refractivity contribution in [1.29, 1.82) is 0 Å². The zero-order chi connectivity index (χ0) is 20.5. The monoisotopic (exact) mass is 386 g/mol. The Hall–Kier alpha value is -3.42. The highest BCUT2D eigenvalue weighted by Crippen LogP contribution is 2.15. The van der Waals surface area contributed by atoms with Crippen LogP contribution in [0.15, 0.2) is 48.5 Å². The molecule has 4 amide bonds. The van der Waals surface area contributed by atoms with E-state index in [1.54, 1.807) is 36.4 Å². The fraction of sp³-hybridized carbons (Fsp3) is 0.250. The van der Waals surface area contributed by atoms with Gasteiger partial charge in [0, 0.05) is 12.6 Å². The molecule has 0 aromatic heterocycles. The summed E-state index contributed by atoms with van der Waals surface area (Å²) in [5, 5.41) is 10.4. The number of hydrogen-bond donors (Lipinski definition) is 4. The lowest BCUT2D eigenvalue weighted by atomic mass is 10.1. The number of para-hydroxylation sites is 1. The quantitative estimate of drug-likeness (QED) is 0.588. The summed E-state index contributed by atoms with van der Waals surface area (Å²) in [6, 6.07) is 11.8. The molecular formula is C20H23FN4O3. The summed E-state index contributed by atoms with van der Waals surface area (Å²) in [5.41, 5.74) is 1.43. The molecule has 0 spiro atoms. The highest BCUT2D eigenvalue weighted by Gasteiger charge is 2.14. The zero-order valence-corrected chi connectivity index (χ0v) is 15.7. The summed E-state index contributed by atoms with van der Waals surface area (Å²) < 4.78 is 12.8. The SMILES string of the molecule is CC(C)NC(=O)c1ccccc1NC(=O)CNC(=O)NCc1ccc(F)cc1. The van der Waals surface area contributed by atoms with Crippen LogP contribution in [0.3, 0.4) is 0 Å². The molecule has 0 saturated carbocycles. The van der Waals surface area contributed by atoms with Gasteiger partial charge in [-0.25, -0.2) is 9.18 Å². The Labute approximate surface area is 162 Å². The molecule has 0 heterocycles. The van der Waals surface area contributed by atoms with Gasteiger partial charge in [0.1, 0.15) is 5.82 Å². The fourth-order valence-electron chi connectivity index (χ4n) is 2.33. The first kappa shape index (κ1) is 20.9. The maximum atomic E-state index is 12.8. The molecule has 4 N–H and O–H groups in total. The first-order valence-corrected chi connectivity index (χ1v) is 8.81. The Kier molecular flexibility index (Phi) is 7.50. The van der Waals surface area contributed by atoms with Crippen LogP contribution in [0.1, 0.15) is 29.8 Å². The van der Waals surface area contributed by atoms with Gasteiger partial charge in [-0.3, -0.25) is 9.59 Å². The van der Waals surface area contributed by atoms with Crippen molar-refractivity contribution in [2.24, 2.45) is 0 Å². The molecule has 28 heavy (non-hydrogen) atoms. The van der Waals surface area contributed by atoms with Crippen molar-refractivity contribution in [3.05, 3.63) is 65.5 Å². The van der Waals surface area contributed by atoms with E-state index in [-0.39, 0.29) is 30.9 Å². The van der Waals surface area contributed by atoms with Crippen molar-refractivity contribution in [1.82, 2.24) is 16.0 Å². The lowest BCUT2D eigenvalue weighted by Crippen LogP contribution is -2.40. The lowest BCUT2D eigenvalue weighted by Gasteiger charge is -2.13. The van der Waals surface area contributed by atoms with Gasteiger partial charge in [0.25, 0.3) is 5.91 Å². The number of halogens is 1. The summed E-state index contributed by atoms with van der Waals surface area (Å²) in [7, 11) is 0. The third-order valence-corrected chi connectivity index (χ3v) is 3.64. The highest BCUT2D eigenvalue weighted by atomic mass is 19.1.